The zero-order valence-corrected chi connectivity index (χ0v) is 9.83. The van der Waals surface area contributed by atoms with E-state index in [0.717, 1.165) is 17.8 Å². The number of anilines is 1. The molecule has 0 aliphatic carbocycles. The third kappa shape index (κ3) is 3.22. The van der Waals surface area contributed by atoms with Crippen LogP contribution in [0.3, 0.4) is 0 Å². The van der Waals surface area contributed by atoms with E-state index < -0.39 is 0 Å². The largest absolute Gasteiger partial charge is 0.385 e. The molecule has 15 heavy (non-hydrogen) atoms. The van der Waals surface area contributed by atoms with Crippen LogP contribution in [-0.4, -0.2) is 20.8 Å². The molecule has 3 heteroatoms. The number of nitrogens with one attached hydrogen (secondary N) is 1. The minimum Gasteiger partial charge on any atom is -0.385 e. The molecule has 1 rings (SSSR count). The van der Waals surface area contributed by atoms with Gasteiger partial charge in [-0.3, -0.25) is 0 Å². The molecule has 0 saturated heterocycles. The van der Waals surface area contributed by atoms with Crippen molar-refractivity contribution < 1.29 is 9.47 Å². The molecule has 0 atom stereocenters. The highest BCUT2D eigenvalue weighted by Gasteiger charge is 2.09. The minimum absolute atomic E-state index is 0.290. The summed E-state index contributed by atoms with van der Waals surface area (Å²) in [5, 5.41) is 3.28. The fraction of sp³-hybridized carbons (Fsp3) is 0.500. The SMILES string of the molecule is CCNc1cc(C)cc(C(OC)OC)c1. The van der Waals surface area contributed by atoms with Crippen LogP contribution in [0.25, 0.3) is 0 Å². The van der Waals surface area contributed by atoms with Crippen molar-refractivity contribution in [3.05, 3.63) is 29.3 Å². The molecule has 0 bridgehead atoms. The number of ether oxygens (including phenoxy) is 2. The van der Waals surface area contributed by atoms with Crippen LogP contribution in [-0.2, 0) is 9.47 Å². The Morgan fingerprint density at radius 2 is 1.87 bits per heavy atom. The van der Waals surface area contributed by atoms with Gasteiger partial charge in [-0.05, 0) is 31.5 Å². The summed E-state index contributed by atoms with van der Waals surface area (Å²) in [6.07, 6.45) is -0.290. The fourth-order valence-electron chi connectivity index (χ4n) is 1.62. The van der Waals surface area contributed by atoms with E-state index in [2.05, 4.69) is 31.3 Å². The second kappa shape index (κ2) is 5.73. The first-order valence-electron chi connectivity index (χ1n) is 5.12. The zero-order chi connectivity index (χ0) is 11.3. The van der Waals surface area contributed by atoms with E-state index in [1.807, 2.05) is 6.07 Å². The maximum absolute atomic E-state index is 5.22. The molecular weight excluding hydrogens is 190 g/mol. The van der Waals surface area contributed by atoms with Crippen molar-refractivity contribution in [3.8, 4) is 0 Å². The molecule has 0 saturated carbocycles. The second-order valence-electron chi connectivity index (χ2n) is 3.47. The number of aryl methyl sites for hydroxylation is 1. The van der Waals surface area contributed by atoms with Crippen molar-refractivity contribution in [1.82, 2.24) is 0 Å². The van der Waals surface area contributed by atoms with Gasteiger partial charge < -0.3 is 14.8 Å². The van der Waals surface area contributed by atoms with Crippen LogP contribution in [0.15, 0.2) is 18.2 Å². The average Bonchev–Trinajstić information content (AvgIpc) is 2.19. The molecule has 0 aromatic heterocycles. The second-order valence-corrected chi connectivity index (χ2v) is 3.47. The lowest BCUT2D eigenvalue weighted by atomic mass is 10.1. The molecule has 0 radical (unpaired) electrons. The van der Waals surface area contributed by atoms with Gasteiger partial charge in [0.2, 0.25) is 0 Å². The van der Waals surface area contributed by atoms with Gasteiger partial charge in [-0.2, -0.15) is 0 Å². The Hall–Kier alpha value is -1.06. The number of methoxy groups -OCH3 is 2. The van der Waals surface area contributed by atoms with Crippen LogP contribution in [0.5, 0.6) is 0 Å². The first-order valence-corrected chi connectivity index (χ1v) is 5.12. The third-order valence-corrected chi connectivity index (χ3v) is 2.18. The number of benzene rings is 1. The quantitative estimate of drug-likeness (QED) is 0.756. The Morgan fingerprint density at radius 1 is 1.20 bits per heavy atom. The highest BCUT2D eigenvalue weighted by molar-refractivity contribution is 5.48. The first kappa shape index (κ1) is 12.0. The number of hydrogen-bond donors (Lipinski definition) is 1. The van der Waals surface area contributed by atoms with Crippen LogP contribution in [0.2, 0.25) is 0 Å². The minimum atomic E-state index is -0.290. The lowest BCUT2D eigenvalue weighted by Gasteiger charge is -2.16. The van der Waals surface area contributed by atoms with Crippen LogP contribution in [0.1, 0.15) is 24.3 Å². The predicted molar refractivity (Wildman–Crippen MR) is 62.1 cm³/mol. The molecule has 0 unspecified atom stereocenters. The lowest BCUT2D eigenvalue weighted by molar-refractivity contribution is -0.106. The molecule has 1 aromatic rings. The van der Waals surface area contributed by atoms with Crippen LogP contribution in [0.4, 0.5) is 5.69 Å². The van der Waals surface area contributed by atoms with Crippen molar-refractivity contribution in [2.75, 3.05) is 26.1 Å². The number of hydrogen-bond acceptors (Lipinski definition) is 3. The molecule has 0 aliphatic rings. The molecular formula is C12H19NO2. The molecule has 3 nitrogen and oxygen atoms in total. The average molecular weight is 209 g/mol. The van der Waals surface area contributed by atoms with Gasteiger partial charge >= 0.3 is 0 Å². The topological polar surface area (TPSA) is 30.5 Å². The van der Waals surface area contributed by atoms with Crippen molar-refractivity contribution in [1.29, 1.82) is 0 Å². The summed E-state index contributed by atoms with van der Waals surface area (Å²) in [4.78, 5) is 0. The highest BCUT2D eigenvalue weighted by Crippen LogP contribution is 2.22. The van der Waals surface area contributed by atoms with Gasteiger partial charge in [-0.25, -0.2) is 0 Å². The van der Waals surface area contributed by atoms with Crippen molar-refractivity contribution in [3.63, 3.8) is 0 Å². The zero-order valence-electron chi connectivity index (χ0n) is 9.83. The Morgan fingerprint density at radius 3 is 2.40 bits per heavy atom. The van der Waals surface area contributed by atoms with E-state index in [9.17, 15) is 0 Å². The molecule has 1 aromatic carbocycles. The Labute approximate surface area is 91.4 Å². The summed E-state index contributed by atoms with van der Waals surface area (Å²) in [6.45, 7) is 5.05. The van der Waals surface area contributed by atoms with E-state index >= 15 is 0 Å². The standard InChI is InChI=1S/C12H19NO2/c1-5-13-11-7-9(2)6-10(8-11)12(14-3)15-4/h6-8,12-13H,5H2,1-4H3. The van der Waals surface area contributed by atoms with Gasteiger partial charge in [0.25, 0.3) is 0 Å². The molecule has 0 amide bonds. The van der Waals surface area contributed by atoms with Gasteiger partial charge in [-0.1, -0.05) is 6.07 Å². The maximum atomic E-state index is 5.22. The van der Waals surface area contributed by atoms with Crippen LogP contribution in [0, 0.1) is 6.92 Å². The molecule has 0 aliphatic heterocycles. The molecule has 0 spiro atoms. The Kier molecular flexibility index (Phi) is 4.59. The predicted octanol–water partition coefficient (Wildman–Crippen LogP) is 2.72. The summed E-state index contributed by atoms with van der Waals surface area (Å²) >= 11 is 0. The number of rotatable bonds is 5. The maximum Gasteiger partial charge on any atom is 0.183 e. The van der Waals surface area contributed by atoms with E-state index in [1.54, 1.807) is 14.2 Å². The molecule has 0 fully saturated rings. The van der Waals surface area contributed by atoms with Gasteiger partial charge in [0, 0.05) is 32.0 Å². The van der Waals surface area contributed by atoms with Gasteiger partial charge in [-0.15, -0.1) is 0 Å². The van der Waals surface area contributed by atoms with Crippen LogP contribution >= 0.6 is 0 Å². The van der Waals surface area contributed by atoms with Crippen molar-refractivity contribution in [2.45, 2.75) is 20.1 Å². The van der Waals surface area contributed by atoms with E-state index in [4.69, 9.17) is 9.47 Å². The summed E-state index contributed by atoms with van der Waals surface area (Å²) < 4.78 is 10.4. The van der Waals surface area contributed by atoms with E-state index in [0.29, 0.717) is 0 Å². The van der Waals surface area contributed by atoms with E-state index in [-0.39, 0.29) is 6.29 Å². The van der Waals surface area contributed by atoms with Gasteiger partial charge in [0.05, 0.1) is 0 Å². The van der Waals surface area contributed by atoms with Crippen molar-refractivity contribution >= 4 is 5.69 Å². The normalized spacial score (nSPS) is 10.7. The van der Waals surface area contributed by atoms with Crippen LogP contribution < -0.4 is 5.32 Å². The molecule has 0 heterocycles. The monoisotopic (exact) mass is 209 g/mol. The molecule has 84 valence electrons. The first-order chi connectivity index (χ1) is 7.21. The fourth-order valence-corrected chi connectivity index (χ4v) is 1.62. The summed E-state index contributed by atoms with van der Waals surface area (Å²) in [5.41, 5.74) is 3.34. The summed E-state index contributed by atoms with van der Waals surface area (Å²) in [5.74, 6) is 0. The highest BCUT2D eigenvalue weighted by atomic mass is 16.7. The summed E-state index contributed by atoms with van der Waals surface area (Å²) in [7, 11) is 3.28. The third-order valence-electron chi connectivity index (χ3n) is 2.18. The lowest BCUT2D eigenvalue weighted by Crippen LogP contribution is -2.05. The Balaban J connectivity index is 2.96. The smallest absolute Gasteiger partial charge is 0.183 e. The Bertz CT molecular complexity index is 308. The van der Waals surface area contributed by atoms with E-state index in [1.165, 1.54) is 5.56 Å². The molecule has 1 N–H and O–H groups in total. The van der Waals surface area contributed by atoms with Crippen molar-refractivity contribution in [2.24, 2.45) is 0 Å². The van der Waals surface area contributed by atoms with Gasteiger partial charge in [0.15, 0.2) is 6.29 Å². The summed E-state index contributed by atoms with van der Waals surface area (Å²) in [6, 6.07) is 6.22. The van der Waals surface area contributed by atoms with Gasteiger partial charge in [0.1, 0.15) is 0 Å².